The van der Waals surface area contributed by atoms with Crippen LogP contribution in [0.15, 0.2) is 29.3 Å². The third kappa shape index (κ3) is 2.41. The number of alkyl halides is 9. The largest absolute Gasteiger partial charge is 0.449 e. The van der Waals surface area contributed by atoms with Crippen LogP contribution in [0.1, 0.15) is 5.56 Å². The Hall–Kier alpha value is -1.94. The molecule has 1 aliphatic rings. The molecular weight excluding hydrogens is 343 g/mol. The van der Waals surface area contributed by atoms with Crippen LogP contribution in [0.4, 0.5) is 45.2 Å². The molecule has 0 aliphatic carbocycles. The lowest BCUT2D eigenvalue weighted by atomic mass is 9.85. The molecule has 11 heteroatoms. The minimum Gasteiger partial charge on any atom is -0.325 e. The van der Waals surface area contributed by atoms with Crippen LogP contribution >= 0.6 is 0 Å². The van der Waals surface area contributed by atoms with Gasteiger partial charge in [-0.3, -0.25) is 0 Å². The van der Waals surface area contributed by atoms with Crippen LogP contribution < -0.4 is 4.90 Å². The summed E-state index contributed by atoms with van der Waals surface area (Å²) in [7, 11) is 0.696. The maximum atomic E-state index is 13.2. The minimum absolute atomic E-state index is 0.158. The monoisotopic (exact) mass is 350 g/mol. The SMILES string of the molecule is CN1C(C(F)(F)F)=NC(C(F)(F)F)(C(F)(F)F)c2ccccc21. The van der Waals surface area contributed by atoms with E-state index in [-0.39, 0.29) is 4.90 Å². The highest BCUT2D eigenvalue weighted by molar-refractivity contribution is 6.04. The van der Waals surface area contributed by atoms with E-state index < -0.39 is 41.2 Å². The third-order valence-electron chi connectivity index (χ3n) is 3.32. The van der Waals surface area contributed by atoms with Crippen molar-refractivity contribution in [2.24, 2.45) is 4.99 Å². The summed E-state index contributed by atoms with van der Waals surface area (Å²) in [6.45, 7) is 0. The Kier molecular flexibility index (Phi) is 3.62. The molecule has 2 nitrogen and oxygen atoms in total. The first-order valence-corrected chi connectivity index (χ1v) is 5.87. The molecule has 0 fully saturated rings. The number of halogens is 9. The summed E-state index contributed by atoms with van der Waals surface area (Å²) < 4.78 is 118. The summed E-state index contributed by atoms with van der Waals surface area (Å²) in [5.74, 6) is -2.27. The van der Waals surface area contributed by atoms with Crippen molar-refractivity contribution in [2.75, 3.05) is 11.9 Å². The van der Waals surface area contributed by atoms with Crippen molar-refractivity contribution >= 4 is 11.5 Å². The number of hydrogen-bond acceptors (Lipinski definition) is 2. The van der Waals surface area contributed by atoms with Crippen LogP contribution in [-0.4, -0.2) is 31.4 Å². The first-order chi connectivity index (χ1) is 10.2. The summed E-state index contributed by atoms with van der Waals surface area (Å²) in [6.07, 6.45) is -17.7. The number of aliphatic imine (C=N–C) groups is 1. The molecule has 0 amide bonds. The molecule has 2 rings (SSSR count). The Bertz CT molecular complexity index is 625. The van der Waals surface area contributed by atoms with E-state index in [9.17, 15) is 39.5 Å². The average molecular weight is 350 g/mol. The topological polar surface area (TPSA) is 15.6 Å². The summed E-state index contributed by atoms with van der Waals surface area (Å²) in [5.41, 5.74) is -7.26. The van der Waals surface area contributed by atoms with Crippen LogP contribution in [0.3, 0.4) is 0 Å². The zero-order chi connectivity index (χ0) is 17.8. The molecule has 0 radical (unpaired) electrons. The van der Waals surface area contributed by atoms with E-state index in [0.717, 1.165) is 18.2 Å². The van der Waals surface area contributed by atoms with Crippen molar-refractivity contribution in [3.63, 3.8) is 0 Å². The van der Waals surface area contributed by atoms with Gasteiger partial charge in [-0.05, 0) is 6.07 Å². The minimum atomic E-state index is -6.11. The fourth-order valence-corrected chi connectivity index (χ4v) is 2.33. The number of rotatable bonds is 0. The molecule has 0 spiro atoms. The van der Waals surface area contributed by atoms with Crippen molar-refractivity contribution in [2.45, 2.75) is 24.1 Å². The highest BCUT2D eigenvalue weighted by atomic mass is 19.4. The summed E-state index contributed by atoms with van der Waals surface area (Å²) >= 11 is 0. The number of hydrogen-bond donors (Lipinski definition) is 0. The second-order valence-corrected chi connectivity index (χ2v) is 4.72. The van der Waals surface area contributed by atoms with E-state index >= 15 is 0 Å². The quantitative estimate of drug-likeness (QED) is 0.633. The van der Waals surface area contributed by atoms with Gasteiger partial charge in [-0.25, -0.2) is 4.99 Å². The number of para-hydroxylation sites is 1. The van der Waals surface area contributed by atoms with Crippen molar-refractivity contribution < 1.29 is 39.5 Å². The van der Waals surface area contributed by atoms with Gasteiger partial charge in [0.1, 0.15) is 0 Å². The standard InChI is InChI=1S/C12H7F9N2/c1-23-7-5-3-2-4-6(7)9(11(16,17)18,12(19,20)21)22-8(23)10(13,14)15/h2-5H,1H3. The zero-order valence-electron chi connectivity index (χ0n) is 11.1. The van der Waals surface area contributed by atoms with Crippen LogP contribution in [0.5, 0.6) is 0 Å². The molecule has 128 valence electrons. The van der Waals surface area contributed by atoms with E-state index in [4.69, 9.17) is 0 Å². The molecule has 1 aliphatic heterocycles. The van der Waals surface area contributed by atoms with Gasteiger partial charge in [-0.15, -0.1) is 0 Å². The van der Waals surface area contributed by atoms with E-state index in [1.54, 1.807) is 0 Å². The van der Waals surface area contributed by atoms with E-state index in [1.807, 2.05) is 0 Å². The lowest BCUT2D eigenvalue weighted by Gasteiger charge is -2.41. The fraction of sp³-hybridized carbons (Fsp3) is 0.417. The van der Waals surface area contributed by atoms with Crippen LogP contribution in [0, 0.1) is 0 Å². The number of amidine groups is 1. The number of fused-ring (bicyclic) bond motifs is 1. The lowest BCUT2D eigenvalue weighted by Crippen LogP contribution is -2.58. The van der Waals surface area contributed by atoms with Gasteiger partial charge in [0.25, 0.3) is 5.54 Å². The van der Waals surface area contributed by atoms with Crippen molar-refractivity contribution in [1.82, 2.24) is 0 Å². The highest BCUT2D eigenvalue weighted by Crippen LogP contribution is 2.57. The van der Waals surface area contributed by atoms with Gasteiger partial charge in [-0.1, -0.05) is 18.2 Å². The van der Waals surface area contributed by atoms with Crippen molar-refractivity contribution in [3.8, 4) is 0 Å². The molecule has 23 heavy (non-hydrogen) atoms. The summed E-state index contributed by atoms with van der Waals surface area (Å²) in [6, 6.07) is 3.10. The Morgan fingerprint density at radius 2 is 1.35 bits per heavy atom. The molecule has 0 bridgehead atoms. The van der Waals surface area contributed by atoms with Crippen LogP contribution in [0.2, 0.25) is 0 Å². The molecule has 0 unspecified atom stereocenters. The first-order valence-electron chi connectivity index (χ1n) is 5.87. The Morgan fingerprint density at radius 3 is 1.78 bits per heavy atom. The second kappa shape index (κ2) is 4.78. The predicted molar refractivity (Wildman–Crippen MR) is 62.1 cm³/mol. The Balaban J connectivity index is 2.95. The molecule has 0 saturated heterocycles. The van der Waals surface area contributed by atoms with Crippen LogP contribution in [0.25, 0.3) is 0 Å². The van der Waals surface area contributed by atoms with Gasteiger partial charge >= 0.3 is 18.5 Å². The van der Waals surface area contributed by atoms with Crippen LogP contribution in [-0.2, 0) is 5.54 Å². The predicted octanol–water partition coefficient (Wildman–Crippen LogP) is 4.42. The molecule has 0 saturated carbocycles. The van der Waals surface area contributed by atoms with Gasteiger partial charge in [-0.2, -0.15) is 39.5 Å². The molecule has 0 aromatic heterocycles. The maximum Gasteiger partial charge on any atom is 0.449 e. The first kappa shape index (κ1) is 17.4. The number of nitrogens with zero attached hydrogens (tertiary/aromatic N) is 2. The molecule has 1 aromatic rings. The van der Waals surface area contributed by atoms with Crippen molar-refractivity contribution in [1.29, 1.82) is 0 Å². The van der Waals surface area contributed by atoms with E-state index in [0.29, 0.717) is 13.1 Å². The molecule has 1 aromatic carbocycles. The smallest absolute Gasteiger partial charge is 0.325 e. The molecular formula is C12H7F9N2. The van der Waals surface area contributed by atoms with Gasteiger partial charge in [0, 0.05) is 18.3 Å². The third-order valence-corrected chi connectivity index (χ3v) is 3.32. The lowest BCUT2D eigenvalue weighted by molar-refractivity contribution is -0.301. The zero-order valence-corrected chi connectivity index (χ0v) is 11.1. The van der Waals surface area contributed by atoms with E-state index in [1.165, 1.54) is 0 Å². The van der Waals surface area contributed by atoms with E-state index in [2.05, 4.69) is 4.99 Å². The Labute approximate surface area is 123 Å². The number of benzene rings is 1. The van der Waals surface area contributed by atoms with Crippen molar-refractivity contribution in [3.05, 3.63) is 29.8 Å². The highest BCUT2D eigenvalue weighted by Gasteiger charge is 2.75. The van der Waals surface area contributed by atoms with Gasteiger partial charge in [0.2, 0.25) is 5.84 Å². The second-order valence-electron chi connectivity index (χ2n) is 4.72. The van der Waals surface area contributed by atoms with Gasteiger partial charge in [0.05, 0.1) is 0 Å². The molecule has 1 heterocycles. The fourth-order valence-electron chi connectivity index (χ4n) is 2.33. The van der Waals surface area contributed by atoms with Gasteiger partial charge in [0.15, 0.2) is 0 Å². The average Bonchev–Trinajstić information content (AvgIpc) is 2.35. The summed E-state index contributed by atoms with van der Waals surface area (Å²) in [5, 5.41) is 0. The normalized spacial score (nSPS) is 18.5. The van der Waals surface area contributed by atoms with Gasteiger partial charge < -0.3 is 4.90 Å². The molecule has 0 N–H and O–H groups in total. The Morgan fingerprint density at radius 1 is 0.870 bits per heavy atom. The summed E-state index contributed by atoms with van der Waals surface area (Å²) in [4.78, 5) is 2.27. The number of anilines is 1. The molecule has 0 atom stereocenters. The maximum absolute atomic E-state index is 13.2.